The number of hydrogen-bond acceptors (Lipinski definition) is 5. The van der Waals surface area contributed by atoms with Gasteiger partial charge in [-0.05, 0) is 99.6 Å². The van der Waals surface area contributed by atoms with Gasteiger partial charge in [0.25, 0.3) is 0 Å². The lowest BCUT2D eigenvalue weighted by atomic mass is 9.96. The van der Waals surface area contributed by atoms with E-state index in [4.69, 9.17) is 18.9 Å². The van der Waals surface area contributed by atoms with E-state index in [2.05, 4.69) is 70.7 Å². The van der Waals surface area contributed by atoms with E-state index < -0.39 is 0 Å². The van der Waals surface area contributed by atoms with Crippen LogP contribution in [0.5, 0.6) is 11.5 Å². The van der Waals surface area contributed by atoms with Crippen LogP contribution in [0.4, 0.5) is 11.4 Å². The minimum Gasteiger partial charge on any atom is -0.465 e. The SMILES string of the molecule is CCCCc1cc(CCCC)c(OCOC)c(N(c2cc(CCCC)cc(CCCC)c2OCOC)C(C)C)c1. The maximum atomic E-state index is 6.41. The van der Waals surface area contributed by atoms with Crippen molar-refractivity contribution in [3.05, 3.63) is 46.5 Å². The highest BCUT2D eigenvalue weighted by molar-refractivity contribution is 5.78. The molecule has 0 aliphatic heterocycles. The molecule has 0 unspecified atom stereocenters. The highest BCUT2D eigenvalue weighted by Gasteiger charge is 2.26. The summed E-state index contributed by atoms with van der Waals surface area (Å²) in [4.78, 5) is 2.44. The van der Waals surface area contributed by atoms with Crippen LogP contribution in [-0.2, 0) is 35.2 Å². The first-order chi connectivity index (χ1) is 19.4. The fourth-order valence-electron chi connectivity index (χ4n) is 5.24. The summed E-state index contributed by atoms with van der Waals surface area (Å²) in [5.41, 5.74) is 7.46. The van der Waals surface area contributed by atoms with Gasteiger partial charge >= 0.3 is 0 Å². The summed E-state index contributed by atoms with van der Waals surface area (Å²) in [7, 11) is 3.38. The molecule has 0 N–H and O–H groups in total. The van der Waals surface area contributed by atoms with Gasteiger partial charge in [0.2, 0.25) is 0 Å². The fourth-order valence-corrected chi connectivity index (χ4v) is 5.24. The Hall–Kier alpha value is -2.24. The van der Waals surface area contributed by atoms with Crippen LogP contribution in [0.25, 0.3) is 0 Å². The Morgan fingerprint density at radius 2 is 0.950 bits per heavy atom. The second-order valence-corrected chi connectivity index (χ2v) is 11.2. The van der Waals surface area contributed by atoms with Crippen LogP contribution >= 0.6 is 0 Å². The number of rotatable bonds is 21. The third kappa shape index (κ3) is 9.99. The van der Waals surface area contributed by atoms with Crippen molar-refractivity contribution in [2.75, 3.05) is 32.7 Å². The number of hydrogen-bond donors (Lipinski definition) is 0. The third-order valence-corrected chi connectivity index (χ3v) is 7.33. The molecule has 40 heavy (non-hydrogen) atoms. The first-order valence-corrected chi connectivity index (χ1v) is 15.8. The molecule has 0 atom stereocenters. The second kappa shape index (κ2) is 19.0. The molecule has 5 nitrogen and oxygen atoms in total. The Balaban J connectivity index is 2.88. The van der Waals surface area contributed by atoms with Crippen LogP contribution in [0.15, 0.2) is 24.3 Å². The molecule has 0 bridgehead atoms. The molecule has 5 heteroatoms. The molecule has 2 aromatic rings. The van der Waals surface area contributed by atoms with Crippen LogP contribution in [0.1, 0.15) is 115 Å². The van der Waals surface area contributed by atoms with Gasteiger partial charge in [-0.1, -0.05) is 65.5 Å². The smallest absolute Gasteiger partial charge is 0.188 e. The Kier molecular flexibility index (Phi) is 16.1. The van der Waals surface area contributed by atoms with Crippen LogP contribution in [0.2, 0.25) is 0 Å². The molecular weight excluding hydrogens is 498 g/mol. The van der Waals surface area contributed by atoms with Crippen molar-refractivity contribution in [1.29, 1.82) is 0 Å². The molecule has 0 aromatic heterocycles. The highest BCUT2D eigenvalue weighted by atomic mass is 16.7. The zero-order valence-electron chi connectivity index (χ0n) is 26.9. The predicted octanol–water partition coefficient (Wildman–Crippen LogP) is 9.57. The van der Waals surface area contributed by atoms with Crippen LogP contribution in [-0.4, -0.2) is 33.8 Å². The largest absolute Gasteiger partial charge is 0.465 e. The Morgan fingerprint density at radius 3 is 1.27 bits per heavy atom. The van der Waals surface area contributed by atoms with Crippen molar-refractivity contribution in [1.82, 2.24) is 0 Å². The van der Waals surface area contributed by atoms with E-state index in [9.17, 15) is 0 Å². The first kappa shape index (κ1) is 34.0. The molecular formula is C35H57NO4. The average molecular weight is 556 g/mol. The van der Waals surface area contributed by atoms with E-state index in [-0.39, 0.29) is 19.6 Å². The van der Waals surface area contributed by atoms with Crippen molar-refractivity contribution in [3.8, 4) is 11.5 Å². The minimum absolute atomic E-state index is 0.177. The molecule has 0 aliphatic rings. The monoisotopic (exact) mass is 555 g/mol. The van der Waals surface area contributed by atoms with Crippen molar-refractivity contribution >= 4 is 11.4 Å². The van der Waals surface area contributed by atoms with Crippen LogP contribution in [0.3, 0.4) is 0 Å². The lowest BCUT2D eigenvalue weighted by Gasteiger charge is -2.34. The van der Waals surface area contributed by atoms with E-state index >= 15 is 0 Å². The summed E-state index contributed by atoms with van der Waals surface area (Å²) < 4.78 is 23.7. The topological polar surface area (TPSA) is 40.2 Å². The molecule has 2 aromatic carbocycles. The number of benzene rings is 2. The number of unbranched alkanes of at least 4 members (excludes halogenated alkanes) is 4. The van der Waals surface area contributed by atoms with Crippen molar-refractivity contribution < 1.29 is 18.9 Å². The Morgan fingerprint density at radius 1 is 0.575 bits per heavy atom. The van der Waals surface area contributed by atoms with E-state index in [0.29, 0.717) is 0 Å². The first-order valence-electron chi connectivity index (χ1n) is 15.8. The Labute approximate surface area is 245 Å². The molecule has 0 fully saturated rings. The van der Waals surface area contributed by atoms with Gasteiger partial charge in [0, 0.05) is 20.3 Å². The van der Waals surface area contributed by atoms with Gasteiger partial charge in [-0.2, -0.15) is 0 Å². The zero-order valence-corrected chi connectivity index (χ0v) is 26.9. The molecule has 0 spiro atoms. The normalized spacial score (nSPS) is 11.3. The van der Waals surface area contributed by atoms with Crippen molar-refractivity contribution in [2.45, 2.75) is 125 Å². The third-order valence-electron chi connectivity index (χ3n) is 7.33. The number of ether oxygens (including phenoxy) is 4. The van der Waals surface area contributed by atoms with Gasteiger partial charge in [-0.15, -0.1) is 0 Å². The van der Waals surface area contributed by atoms with Gasteiger partial charge in [0.05, 0.1) is 11.4 Å². The van der Waals surface area contributed by atoms with Gasteiger partial charge < -0.3 is 23.8 Å². The van der Waals surface area contributed by atoms with Gasteiger partial charge in [0.1, 0.15) is 11.5 Å². The lowest BCUT2D eigenvalue weighted by molar-refractivity contribution is 0.0502. The second-order valence-electron chi connectivity index (χ2n) is 11.2. The fraction of sp³-hybridized carbons (Fsp3) is 0.657. The minimum atomic E-state index is 0.177. The van der Waals surface area contributed by atoms with E-state index in [1.807, 2.05) is 0 Å². The summed E-state index contributed by atoms with van der Waals surface area (Å²) >= 11 is 0. The summed E-state index contributed by atoms with van der Waals surface area (Å²) in [5, 5.41) is 0. The lowest BCUT2D eigenvalue weighted by Crippen LogP contribution is -2.28. The van der Waals surface area contributed by atoms with Gasteiger partial charge in [-0.3, -0.25) is 0 Å². The highest BCUT2D eigenvalue weighted by Crippen LogP contribution is 2.45. The average Bonchev–Trinajstić information content (AvgIpc) is 2.95. The summed E-state index contributed by atoms with van der Waals surface area (Å²) in [6, 6.07) is 9.60. The van der Waals surface area contributed by atoms with E-state index in [1.54, 1.807) is 14.2 Å². The van der Waals surface area contributed by atoms with Gasteiger partial charge in [-0.25, -0.2) is 0 Å². The maximum absolute atomic E-state index is 6.41. The number of nitrogens with zero attached hydrogens (tertiary/aromatic N) is 1. The predicted molar refractivity (Wildman–Crippen MR) is 170 cm³/mol. The maximum Gasteiger partial charge on any atom is 0.188 e. The molecule has 0 aliphatic carbocycles. The quantitative estimate of drug-likeness (QED) is 0.143. The standard InChI is InChI=1S/C35H57NO4/c1-9-13-17-28-21-30(19-15-11-3)34(39-25-37-7)32(23-28)36(27(5)6)33-24-29(18-14-10-2)22-31(20-16-12-4)35(33)40-26-38-8/h21-24,27H,9-20,25-26H2,1-8H3. The number of aryl methyl sites for hydroxylation is 4. The molecule has 0 saturated heterocycles. The Bertz CT molecular complexity index is 912. The number of methoxy groups -OCH3 is 2. The van der Waals surface area contributed by atoms with E-state index in [0.717, 1.165) is 74.2 Å². The van der Waals surface area contributed by atoms with Crippen molar-refractivity contribution in [2.24, 2.45) is 0 Å². The summed E-state index contributed by atoms with van der Waals surface area (Å²) in [5.74, 6) is 1.85. The molecule has 2 rings (SSSR count). The molecule has 0 saturated carbocycles. The summed E-state index contributed by atoms with van der Waals surface area (Å²) in [6.07, 6.45) is 13.3. The molecule has 0 radical (unpaired) electrons. The van der Waals surface area contributed by atoms with Crippen LogP contribution < -0.4 is 14.4 Å². The van der Waals surface area contributed by atoms with E-state index in [1.165, 1.54) is 47.9 Å². The van der Waals surface area contributed by atoms with Gasteiger partial charge in [0.15, 0.2) is 13.6 Å². The molecule has 226 valence electrons. The van der Waals surface area contributed by atoms with Crippen LogP contribution in [0, 0.1) is 0 Å². The summed E-state index contributed by atoms with van der Waals surface area (Å²) in [6.45, 7) is 14.0. The molecule has 0 amide bonds. The van der Waals surface area contributed by atoms with Crippen molar-refractivity contribution in [3.63, 3.8) is 0 Å². The molecule has 0 heterocycles. The zero-order chi connectivity index (χ0) is 29.3. The number of anilines is 2.